The summed E-state index contributed by atoms with van der Waals surface area (Å²) in [6, 6.07) is 9.25. The normalized spacial score (nSPS) is 10.2. The first-order chi connectivity index (χ1) is 9.88. The number of nitrogens with zero attached hydrogens (tertiary/aromatic N) is 1. The molecule has 0 radical (unpaired) electrons. The third-order valence-electron chi connectivity index (χ3n) is 2.83. The van der Waals surface area contributed by atoms with E-state index in [1.807, 2.05) is 0 Å². The van der Waals surface area contributed by atoms with Crippen LogP contribution in [-0.2, 0) is 0 Å². The molecule has 0 aromatic heterocycles. The van der Waals surface area contributed by atoms with Crippen molar-refractivity contribution in [2.24, 2.45) is 0 Å². The minimum Gasteiger partial charge on any atom is -0.322 e. The van der Waals surface area contributed by atoms with Crippen LogP contribution in [0.1, 0.15) is 15.9 Å². The van der Waals surface area contributed by atoms with Crippen molar-refractivity contribution in [3.05, 3.63) is 67.1 Å². The number of benzene rings is 2. The Morgan fingerprint density at radius 3 is 2.57 bits per heavy atom. The maximum absolute atomic E-state index is 12.1. The molecule has 21 heavy (non-hydrogen) atoms. The Morgan fingerprint density at radius 1 is 1.29 bits per heavy atom. The molecule has 0 heterocycles. The number of nitro benzene ring substituents is 1. The van der Waals surface area contributed by atoms with Crippen LogP contribution in [0.25, 0.3) is 0 Å². The monoisotopic (exact) mass is 368 g/mol. The zero-order valence-corrected chi connectivity index (χ0v) is 13.2. The molecule has 0 aliphatic rings. The van der Waals surface area contributed by atoms with Gasteiger partial charge < -0.3 is 5.32 Å². The maximum Gasteiger partial charge on any atom is 0.272 e. The highest BCUT2D eigenvalue weighted by Gasteiger charge is 2.12. The van der Waals surface area contributed by atoms with Gasteiger partial charge in [0, 0.05) is 27.4 Å². The molecule has 0 fully saturated rings. The van der Waals surface area contributed by atoms with Crippen LogP contribution in [0.4, 0.5) is 11.4 Å². The van der Waals surface area contributed by atoms with Crippen molar-refractivity contribution in [2.75, 3.05) is 5.32 Å². The lowest BCUT2D eigenvalue weighted by Gasteiger charge is -2.07. The standard InChI is InChI=1S/C14H10BrClN2O3/c1-8-6-10(3-5-13(8)18(20)21)17-14(19)9-2-4-11(15)12(16)7-9/h2-7H,1H3,(H,17,19). The van der Waals surface area contributed by atoms with Crippen LogP contribution in [0.15, 0.2) is 40.9 Å². The molecule has 108 valence electrons. The average molecular weight is 370 g/mol. The minimum atomic E-state index is -0.463. The van der Waals surface area contributed by atoms with Crippen LogP contribution in [0.2, 0.25) is 5.02 Å². The quantitative estimate of drug-likeness (QED) is 0.636. The zero-order valence-electron chi connectivity index (χ0n) is 10.9. The molecule has 2 aromatic rings. The van der Waals surface area contributed by atoms with Gasteiger partial charge in [-0.05, 0) is 53.2 Å². The molecular formula is C14H10BrClN2O3. The highest BCUT2D eigenvalue weighted by molar-refractivity contribution is 9.10. The number of nitrogens with one attached hydrogen (secondary N) is 1. The number of aryl methyl sites for hydroxylation is 1. The first-order valence-corrected chi connectivity index (χ1v) is 7.07. The van der Waals surface area contributed by atoms with E-state index in [0.29, 0.717) is 26.3 Å². The fourth-order valence-electron chi connectivity index (χ4n) is 1.78. The molecule has 0 spiro atoms. The summed E-state index contributed by atoms with van der Waals surface area (Å²) in [6.07, 6.45) is 0. The number of hydrogen-bond donors (Lipinski definition) is 1. The Labute approximate surface area is 134 Å². The van der Waals surface area contributed by atoms with Gasteiger partial charge in [-0.2, -0.15) is 0 Å². The van der Waals surface area contributed by atoms with Gasteiger partial charge in [0.05, 0.1) is 9.95 Å². The van der Waals surface area contributed by atoms with E-state index in [1.165, 1.54) is 12.1 Å². The third kappa shape index (κ3) is 3.59. The van der Waals surface area contributed by atoms with Gasteiger partial charge in [0.15, 0.2) is 0 Å². The summed E-state index contributed by atoms with van der Waals surface area (Å²) in [5, 5.41) is 13.9. The smallest absolute Gasteiger partial charge is 0.272 e. The topological polar surface area (TPSA) is 72.2 Å². The summed E-state index contributed by atoms with van der Waals surface area (Å²) in [4.78, 5) is 22.4. The maximum atomic E-state index is 12.1. The van der Waals surface area contributed by atoms with Crippen LogP contribution in [0, 0.1) is 17.0 Å². The van der Waals surface area contributed by atoms with Crippen molar-refractivity contribution in [3.8, 4) is 0 Å². The van der Waals surface area contributed by atoms with Crippen molar-refractivity contribution in [1.29, 1.82) is 0 Å². The predicted octanol–water partition coefficient (Wildman–Crippen LogP) is 4.57. The second-order valence-electron chi connectivity index (χ2n) is 4.34. The predicted molar refractivity (Wildman–Crippen MR) is 84.9 cm³/mol. The van der Waals surface area contributed by atoms with Gasteiger partial charge in [0.1, 0.15) is 0 Å². The van der Waals surface area contributed by atoms with Crippen molar-refractivity contribution in [2.45, 2.75) is 6.92 Å². The third-order valence-corrected chi connectivity index (χ3v) is 4.07. The molecule has 0 unspecified atom stereocenters. The molecule has 0 aliphatic heterocycles. The van der Waals surface area contributed by atoms with Crippen LogP contribution in [0.5, 0.6) is 0 Å². The van der Waals surface area contributed by atoms with E-state index in [9.17, 15) is 14.9 Å². The van der Waals surface area contributed by atoms with Crippen LogP contribution < -0.4 is 5.32 Å². The summed E-state index contributed by atoms with van der Waals surface area (Å²) < 4.78 is 0.701. The molecule has 7 heteroatoms. The SMILES string of the molecule is Cc1cc(NC(=O)c2ccc(Br)c(Cl)c2)ccc1[N+](=O)[O-]. The molecule has 0 saturated carbocycles. The van der Waals surface area contributed by atoms with E-state index in [1.54, 1.807) is 31.2 Å². The number of amides is 1. The van der Waals surface area contributed by atoms with Gasteiger partial charge in [-0.15, -0.1) is 0 Å². The van der Waals surface area contributed by atoms with Gasteiger partial charge in [-0.3, -0.25) is 14.9 Å². The van der Waals surface area contributed by atoms with E-state index in [0.717, 1.165) is 0 Å². The lowest BCUT2D eigenvalue weighted by atomic mass is 10.1. The van der Waals surface area contributed by atoms with Gasteiger partial charge in [-0.25, -0.2) is 0 Å². The second-order valence-corrected chi connectivity index (χ2v) is 5.60. The van der Waals surface area contributed by atoms with E-state index in [-0.39, 0.29) is 11.6 Å². The molecule has 1 amide bonds. The van der Waals surface area contributed by atoms with Crippen molar-refractivity contribution in [3.63, 3.8) is 0 Å². The Balaban J connectivity index is 2.21. The van der Waals surface area contributed by atoms with E-state index in [4.69, 9.17) is 11.6 Å². The largest absolute Gasteiger partial charge is 0.322 e. The Morgan fingerprint density at radius 2 is 2.00 bits per heavy atom. The van der Waals surface area contributed by atoms with Crippen molar-refractivity contribution in [1.82, 2.24) is 0 Å². The Hall–Kier alpha value is -1.92. The minimum absolute atomic E-state index is 0.0136. The summed E-state index contributed by atoms with van der Waals surface area (Å²) in [5.41, 5.74) is 1.38. The summed E-state index contributed by atoms with van der Waals surface area (Å²) >= 11 is 9.19. The fraction of sp³-hybridized carbons (Fsp3) is 0.0714. The van der Waals surface area contributed by atoms with Crippen LogP contribution in [-0.4, -0.2) is 10.8 Å². The van der Waals surface area contributed by atoms with Gasteiger partial charge in [0.2, 0.25) is 0 Å². The number of hydrogen-bond acceptors (Lipinski definition) is 3. The number of nitro groups is 1. The lowest BCUT2D eigenvalue weighted by Crippen LogP contribution is -2.12. The van der Waals surface area contributed by atoms with Crippen LogP contribution >= 0.6 is 27.5 Å². The molecule has 2 rings (SSSR count). The van der Waals surface area contributed by atoms with E-state index < -0.39 is 4.92 Å². The summed E-state index contributed by atoms with van der Waals surface area (Å²) in [5.74, 6) is -0.336. The molecule has 0 atom stereocenters. The van der Waals surface area contributed by atoms with E-state index >= 15 is 0 Å². The van der Waals surface area contributed by atoms with Crippen molar-refractivity contribution >= 4 is 44.8 Å². The fourth-order valence-corrected chi connectivity index (χ4v) is 2.21. The molecule has 0 saturated heterocycles. The first-order valence-electron chi connectivity index (χ1n) is 5.90. The molecular weight excluding hydrogens is 360 g/mol. The molecule has 0 bridgehead atoms. The molecule has 2 aromatic carbocycles. The van der Waals surface area contributed by atoms with Gasteiger partial charge in [0.25, 0.3) is 11.6 Å². The van der Waals surface area contributed by atoms with E-state index in [2.05, 4.69) is 21.2 Å². The number of carbonyl (C=O) groups excluding carboxylic acids is 1. The summed E-state index contributed by atoms with van der Waals surface area (Å²) in [6.45, 7) is 1.62. The van der Waals surface area contributed by atoms with Crippen LogP contribution in [0.3, 0.4) is 0 Å². The number of carbonyl (C=O) groups is 1. The Bertz CT molecular complexity index is 734. The van der Waals surface area contributed by atoms with Gasteiger partial charge >= 0.3 is 0 Å². The first kappa shape index (κ1) is 15.5. The molecule has 1 N–H and O–H groups in total. The summed E-state index contributed by atoms with van der Waals surface area (Å²) in [7, 11) is 0. The van der Waals surface area contributed by atoms with Gasteiger partial charge in [-0.1, -0.05) is 11.6 Å². The Kier molecular flexibility index (Phi) is 4.59. The molecule has 5 nitrogen and oxygen atoms in total. The number of rotatable bonds is 3. The highest BCUT2D eigenvalue weighted by Crippen LogP contribution is 2.25. The highest BCUT2D eigenvalue weighted by atomic mass is 79.9. The lowest BCUT2D eigenvalue weighted by molar-refractivity contribution is -0.385. The number of anilines is 1. The van der Waals surface area contributed by atoms with Crippen molar-refractivity contribution < 1.29 is 9.72 Å². The zero-order chi connectivity index (χ0) is 15.6. The average Bonchev–Trinajstić information content (AvgIpc) is 2.41. The number of halogens is 2. The second kappa shape index (κ2) is 6.24. The molecule has 0 aliphatic carbocycles.